The van der Waals surface area contributed by atoms with Crippen molar-refractivity contribution < 1.29 is 29.4 Å². The lowest BCUT2D eigenvalue weighted by Crippen LogP contribution is -2.62. The second-order valence-electron chi connectivity index (χ2n) is 16.6. The number of nitrogen functional groups attached to an aromatic ring is 1. The molecule has 282 valence electrons. The standard InChI is InChI=1S/C40H61N5O6/c1-22(2)13-30(20-44(7)8)42-38(48)27-14-26(15-29(41)16-27)31-12-10-11-25(37(31)50-9)19-45-36(35(24(4)47)34(21-46)51-45)39(49)43-33-18-28-17-32(23(33)3)40(28,5)6/h10-12,14-16,22-24,28,30,32-36,46-47H,13,17-21,41H2,1-9H3,(H,42,48)(H,43,49)/t23-,24-,28+,30+,32-,33-,34-,35+,36-/m0/s1. The number of nitrogens with zero attached hydrogens (tertiary/aromatic N) is 2. The van der Waals surface area contributed by atoms with Crippen LogP contribution in [0.4, 0.5) is 5.69 Å². The Balaban J connectivity index is 1.41. The highest BCUT2D eigenvalue weighted by Gasteiger charge is 2.57. The van der Waals surface area contributed by atoms with E-state index in [1.807, 2.05) is 44.4 Å². The number of ether oxygens (including phenoxy) is 1. The van der Waals surface area contributed by atoms with E-state index >= 15 is 0 Å². The van der Waals surface area contributed by atoms with Crippen LogP contribution in [0.5, 0.6) is 5.75 Å². The van der Waals surface area contributed by atoms with E-state index in [2.05, 4.69) is 50.2 Å². The Kier molecular flexibility index (Phi) is 12.1. The van der Waals surface area contributed by atoms with Gasteiger partial charge in [-0.3, -0.25) is 14.4 Å². The van der Waals surface area contributed by atoms with Gasteiger partial charge in [-0.05, 0) is 93.1 Å². The summed E-state index contributed by atoms with van der Waals surface area (Å²) in [6.07, 6.45) is 1.32. The molecule has 0 aromatic heterocycles. The molecule has 2 amide bonds. The van der Waals surface area contributed by atoms with Crippen LogP contribution in [0.15, 0.2) is 36.4 Å². The Hall–Kier alpha value is -3.22. The summed E-state index contributed by atoms with van der Waals surface area (Å²) in [5.74, 6) is 1.38. The fourth-order valence-corrected chi connectivity index (χ4v) is 9.23. The van der Waals surface area contributed by atoms with Crippen molar-refractivity contribution in [1.82, 2.24) is 20.6 Å². The van der Waals surface area contributed by atoms with Gasteiger partial charge in [0.1, 0.15) is 17.9 Å². The number of nitrogens with one attached hydrogen (secondary N) is 2. The minimum absolute atomic E-state index is 0.0204. The normalized spacial score (nSPS) is 28.3. The van der Waals surface area contributed by atoms with Gasteiger partial charge in [-0.1, -0.05) is 52.8 Å². The number of fused-ring (bicyclic) bond motifs is 2. The van der Waals surface area contributed by atoms with Crippen molar-refractivity contribution in [2.24, 2.45) is 35.0 Å². The van der Waals surface area contributed by atoms with Crippen LogP contribution in [0, 0.1) is 35.0 Å². The predicted octanol–water partition coefficient (Wildman–Crippen LogP) is 4.31. The lowest BCUT2D eigenvalue weighted by Gasteiger charge is -2.62. The molecular weight excluding hydrogens is 646 g/mol. The molecule has 3 aliphatic carbocycles. The van der Waals surface area contributed by atoms with Gasteiger partial charge in [0.2, 0.25) is 5.91 Å². The Morgan fingerprint density at radius 2 is 1.88 bits per heavy atom. The zero-order valence-corrected chi connectivity index (χ0v) is 32.0. The first kappa shape index (κ1) is 39.0. The molecule has 6 rings (SSSR count). The predicted molar refractivity (Wildman–Crippen MR) is 200 cm³/mol. The van der Waals surface area contributed by atoms with E-state index in [-0.39, 0.29) is 42.5 Å². The number of benzene rings is 2. The Bertz CT molecular complexity index is 1540. The van der Waals surface area contributed by atoms with E-state index in [0.717, 1.165) is 30.5 Å². The maximum Gasteiger partial charge on any atom is 0.251 e. The molecule has 1 aliphatic heterocycles. The summed E-state index contributed by atoms with van der Waals surface area (Å²) in [4.78, 5) is 36.0. The average molecular weight is 708 g/mol. The quantitative estimate of drug-likeness (QED) is 0.181. The van der Waals surface area contributed by atoms with Gasteiger partial charge in [0.05, 0.1) is 26.4 Å². The van der Waals surface area contributed by atoms with Gasteiger partial charge in [-0.15, -0.1) is 0 Å². The molecule has 0 radical (unpaired) electrons. The molecule has 4 fully saturated rings. The highest BCUT2D eigenvalue weighted by atomic mass is 16.7. The third-order valence-electron chi connectivity index (χ3n) is 11.9. The molecule has 3 saturated carbocycles. The van der Waals surface area contributed by atoms with Crippen molar-refractivity contribution in [2.75, 3.05) is 40.1 Å². The zero-order chi connectivity index (χ0) is 37.4. The number of methoxy groups -OCH3 is 1. The van der Waals surface area contributed by atoms with Gasteiger partial charge in [-0.25, -0.2) is 0 Å². The molecule has 2 aromatic rings. The first-order valence-corrected chi connectivity index (χ1v) is 18.6. The number of carbonyl (C=O) groups excluding carboxylic acids is 2. The monoisotopic (exact) mass is 707 g/mol. The average Bonchev–Trinajstić information content (AvgIpc) is 3.43. The van der Waals surface area contributed by atoms with Crippen molar-refractivity contribution in [3.63, 3.8) is 0 Å². The van der Waals surface area contributed by atoms with Crippen LogP contribution in [0.25, 0.3) is 11.1 Å². The fraction of sp³-hybridized carbons (Fsp3) is 0.650. The molecule has 4 aliphatic rings. The molecule has 11 nitrogen and oxygen atoms in total. The molecule has 1 heterocycles. The van der Waals surface area contributed by atoms with E-state index in [9.17, 15) is 19.8 Å². The SMILES string of the molecule is COc1c(CN2O[C@@H](CO)[C@@H]([C@H](C)O)[C@H]2C(=O)N[C@H]2C[C@H]3C[C@@H]([C@@H]2C)C3(C)C)cccc1-c1cc(N)cc(C(=O)N[C@H](CC(C)C)CN(C)C)c1. The fourth-order valence-electron chi connectivity index (χ4n) is 9.23. The van der Waals surface area contributed by atoms with Crippen molar-refractivity contribution >= 4 is 17.5 Å². The number of likely N-dealkylation sites (N-methyl/N-ethyl adjacent to an activating group) is 1. The Morgan fingerprint density at radius 1 is 1.16 bits per heavy atom. The van der Waals surface area contributed by atoms with Gasteiger partial charge >= 0.3 is 0 Å². The zero-order valence-electron chi connectivity index (χ0n) is 32.0. The van der Waals surface area contributed by atoms with E-state index < -0.39 is 24.2 Å². The van der Waals surface area contributed by atoms with Gasteiger partial charge in [0.15, 0.2) is 0 Å². The van der Waals surface area contributed by atoms with E-state index in [0.29, 0.717) is 46.2 Å². The minimum Gasteiger partial charge on any atom is -0.496 e. The second kappa shape index (κ2) is 15.8. The molecule has 51 heavy (non-hydrogen) atoms. The second-order valence-corrected chi connectivity index (χ2v) is 16.6. The molecule has 2 aromatic carbocycles. The third kappa shape index (κ3) is 8.23. The number of nitrogens with two attached hydrogens (primary N) is 1. The lowest BCUT2D eigenvalue weighted by atomic mass is 9.45. The Labute approximate surface area is 304 Å². The number of aliphatic hydroxyl groups excluding tert-OH is 2. The van der Waals surface area contributed by atoms with E-state index in [1.165, 1.54) is 6.42 Å². The molecule has 0 spiro atoms. The van der Waals surface area contributed by atoms with E-state index in [4.69, 9.17) is 15.3 Å². The Morgan fingerprint density at radius 3 is 2.47 bits per heavy atom. The molecule has 2 bridgehead atoms. The summed E-state index contributed by atoms with van der Waals surface area (Å²) >= 11 is 0. The molecule has 0 unspecified atom stereocenters. The van der Waals surface area contributed by atoms with Crippen molar-refractivity contribution in [2.45, 2.75) is 97.7 Å². The van der Waals surface area contributed by atoms with Crippen molar-refractivity contribution in [3.8, 4) is 16.9 Å². The van der Waals surface area contributed by atoms with Crippen LogP contribution in [-0.4, -0.2) is 96.7 Å². The van der Waals surface area contributed by atoms with Crippen LogP contribution in [0.3, 0.4) is 0 Å². The summed E-state index contributed by atoms with van der Waals surface area (Å²) < 4.78 is 6.00. The van der Waals surface area contributed by atoms with Gasteiger partial charge < -0.3 is 36.2 Å². The van der Waals surface area contributed by atoms with Gasteiger partial charge in [0.25, 0.3) is 5.91 Å². The number of rotatable bonds is 14. The summed E-state index contributed by atoms with van der Waals surface area (Å²) in [6.45, 7) is 13.4. The number of aliphatic hydroxyl groups is 2. The number of para-hydroxylation sites is 1. The van der Waals surface area contributed by atoms with Crippen LogP contribution < -0.4 is 21.1 Å². The van der Waals surface area contributed by atoms with E-state index in [1.54, 1.807) is 25.2 Å². The van der Waals surface area contributed by atoms with Crippen molar-refractivity contribution in [1.29, 1.82) is 0 Å². The number of carbonyl (C=O) groups is 2. The summed E-state index contributed by atoms with van der Waals surface area (Å²) in [5.41, 5.74) is 9.74. The van der Waals surface area contributed by atoms with Crippen LogP contribution >= 0.6 is 0 Å². The van der Waals surface area contributed by atoms with Crippen molar-refractivity contribution in [3.05, 3.63) is 47.5 Å². The molecular formula is C40H61N5O6. The highest BCUT2D eigenvalue weighted by molar-refractivity contribution is 5.97. The number of hydrogen-bond acceptors (Lipinski definition) is 9. The first-order chi connectivity index (χ1) is 24.0. The van der Waals surface area contributed by atoms with Crippen LogP contribution in [0.2, 0.25) is 0 Å². The molecule has 6 N–H and O–H groups in total. The molecule has 11 heteroatoms. The van der Waals surface area contributed by atoms with Crippen LogP contribution in [0.1, 0.15) is 76.7 Å². The summed E-state index contributed by atoms with van der Waals surface area (Å²) in [7, 11) is 5.57. The summed E-state index contributed by atoms with van der Waals surface area (Å²) in [5, 5.41) is 29.3. The molecule has 9 atom stereocenters. The maximum absolute atomic E-state index is 14.2. The number of amides is 2. The minimum atomic E-state index is -0.901. The smallest absolute Gasteiger partial charge is 0.251 e. The topological polar surface area (TPSA) is 150 Å². The van der Waals surface area contributed by atoms with Gasteiger partial charge in [0, 0.05) is 46.9 Å². The highest BCUT2D eigenvalue weighted by Crippen LogP contribution is 2.61. The maximum atomic E-state index is 14.2. The molecule has 1 saturated heterocycles. The summed E-state index contributed by atoms with van der Waals surface area (Å²) in [6, 6.07) is 10.2. The largest absolute Gasteiger partial charge is 0.496 e. The lowest BCUT2D eigenvalue weighted by molar-refractivity contribution is -0.183. The van der Waals surface area contributed by atoms with Crippen LogP contribution in [-0.2, 0) is 16.2 Å². The number of hydrogen-bond donors (Lipinski definition) is 5. The van der Waals surface area contributed by atoms with Gasteiger partial charge in [-0.2, -0.15) is 5.06 Å². The first-order valence-electron chi connectivity index (χ1n) is 18.6. The number of anilines is 1. The third-order valence-corrected chi connectivity index (χ3v) is 11.9. The number of hydroxylamine groups is 2.